The Morgan fingerprint density at radius 1 is 1.24 bits per heavy atom. The van der Waals surface area contributed by atoms with Crippen LogP contribution in [0.3, 0.4) is 0 Å². The Labute approximate surface area is 170 Å². The topological polar surface area (TPSA) is 77.1 Å². The summed E-state index contributed by atoms with van der Waals surface area (Å²) in [5.74, 6) is -0.471. The van der Waals surface area contributed by atoms with E-state index in [2.05, 4.69) is 36.4 Å². The van der Waals surface area contributed by atoms with E-state index < -0.39 is 17.6 Å². The van der Waals surface area contributed by atoms with E-state index in [1.54, 1.807) is 24.5 Å². The van der Waals surface area contributed by atoms with Gasteiger partial charge in [-0.05, 0) is 39.7 Å². The third kappa shape index (κ3) is 3.99. The fourth-order valence-electron chi connectivity index (χ4n) is 2.74. The average molecular weight is 465 g/mol. The number of fused-ring (bicyclic) bond motifs is 1. The van der Waals surface area contributed by atoms with Crippen LogP contribution in [0.1, 0.15) is 21.6 Å². The van der Waals surface area contributed by atoms with Gasteiger partial charge in [0.1, 0.15) is 0 Å². The van der Waals surface area contributed by atoms with E-state index in [1.165, 1.54) is 27.7 Å². The summed E-state index contributed by atoms with van der Waals surface area (Å²) in [4.78, 5) is 16.7. The summed E-state index contributed by atoms with van der Waals surface area (Å²) < 4.78 is 41.9. The van der Waals surface area contributed by atoms with E-state index in [1.807, 2.05) is 0 Å². The molecule has 0 unspecified atom stereocenters. The molecule has 1 N–H and O–H groups in total. The molecular weight excluding hydrogens is 453 g/mol. The quantitative estimate of drug-likeness (QED) is 0.494. The monoisotopic (exact) mass is 464 g/mol. The Morgan fingerprint density at radius 3 is 2.83 bits per heavy atom. The molecule has 7 nitrogen and oxygen atoms in total. The number of aromatic nitrogens is 5. The van der Waals surface area contributed by atoms with Crippen molar-refractivity contribution in [2.75, 3.05) is 5.32 Å². The van der Waals surface area contributed by atoms with Gasteiger partial charge >= 0.3 is 6.18 Å². The lowest BCUT2D eigenvalue weighted by molar-refractivity contribution is -0.137. The first-order valence-electron chi connectivity index (χ1n) is 8.30. The van der Waals surface area contributed by atoms with Gasteiger partial charge < -0.3 is 5.32 Å². The summed E-state index contributed by atoms with van der Waals surface area (Å²) >= 11 is 3.32. The van der Waals surface area contributed by atoms with Crippen LogP contribution >= 0.6 is 15.9 Å². The van der Waals surface area contributed by atoms with Crippen LogP contribution < -0.4 is 5.32 Å². The second-order valence-electron chi connectivity index (χ2n) is 6.13. The summed E-state index contributed by atoms with van der Waals surface area (Å²) in [6.45, 7) is 0.127. The SMILES string of the molecule is O=C(Nc1cnn(Cc2cccc(C(F)(F)F)c2)c1)c1nn2cccnc2c1Br. The summed E-state index contributed by atoms with van der Waals surface area (Å²) in [6.07, 6.45) is 1.78. The van der Waals surface area contributed by atoms with E-state index >= 15 is 0 Å². The smallest absolute Gasteiger partial charge is 0.318 e. The molecule has 0 aliphatic rings. The fraction of sp³-hybridized carbons (Fsp3) is 0.111. The molecule has 4 rings (SSSR count). The maximum absolute atomic E-state index is 12.8. The van der Waals surface area contributed by atoms with E-state index in [-0.39, 0.29) is 12.2 Å². The van der Waals surface area contributed by atoms with E-state index in [9.17, 15) is 18.0 Å². The standard InChI is InChI=1S/C18H12BrF3N6O/c19-14-15(26-28-6-2-5-23-16(14)28)17(29)25-13-8-24-27(10-13)9-11-3-1-4-12(7-11)18(20,21)22/h1-8,10H,9H2,(H,25,29). The minimum Gasteiger partial charge on any atom is -0.318 e. The molecule has 0 spiro atoms. The van der Waals surface area contributed by atoms with E-state index in [0.29, 0.717) is 21.4 Å². The van der Waals surface area contributed by atoms with Crippen molar-refractivity contribution in [2.45, 2.75) is 12.7 Å². The van der Waals surface area contributed by atoms with Crippen LogP contribution in [-0.2, 0) is 12.7 Å². The molecule has 0 aliphatic heterocycles. The second-order valence-corrected chi connectivity index (χ2v) is 6.92. The summed E-state index contributed by atoms with van der Waals surface area (Å²) in [6, 6.07) is 6.70. The van der Waals surface area contributed by atoms with Crippen molar-refractivity contribution in [3.05, 3.63) is 76.4 Å². The van der Waals surface area contributed by atoms with Crippen LogP contribution in [0.5, 0.6) is 0 Å². The number of amides is 1. The van der Waals surface area contributed by atoms with Crippen molar-refractivity contribution in [2.24, 2.45) is 0 Å². The van der Waals surface area contributed by atoms with Gasteiger partial charge in [-0.15, -0.1) is 0 Å². The number of carbonyl (C=O) groups is 1. The molecule has 0 saturated heterocycles. The van der Waals surface area contributed by atoms with Crippen molar-refractivity contribution in [3.63, 3.8) is 0 Å². The molecule has 0 fully saturated rings. The van der Waals surface area contributed by atoms with Crippen molar-refractivity contribution < 1.29 is 18.0 Å². The average Bonchev–Trinajstić information content (AvgIpc) is 3.26. The summed E-state index contributed by atoms with van der Waals surface area (Å²) in [7, 11) is 0. The van der Waals surface area contributed by atoms with Gasteiger partial charge in [-0.3, -0.25) is 9.48 Å². The number of nitrogens with one attached hydrogen (secondary N) is 1. The van der Waals surface area contributed by atoms with Crippen LogP contribution in [0.2, 0.25) is 0 Å². The largest absolute Gasteiger partial charge is 0.416 e. The lowest BCUT2D eigenvalue weighted by Crippen LogP contribution is -2.13. The third-order valence-corrected chi connectivity index (χ3v) is 4.77. The van der Waals surface area contributed by atoms with E-state index in [4.69, 9.17) is 0 Å². The van der Waals surface area contributed by atoms with Gasteiger partial charge in [0.05, 0.1) is 28.5 Å². The zero-order valence-electron chi connectivity index (χ0n) is 14.6. The number of hydrogen-bond donors (Lipinski definition) is 1. The number of carbonyl (C=O) groups excluding carboxylic acids is 1. The number of nitrogens with zero attached hydrogens (tertiary/aromatic N) is 5. The Morgan fingerprint density at radius 2 is 2.07 bits per heavy atom. The molecule has 4 aromatic rings. The highest BCUT2D eigenvalue weighted by molar-refractivity contribution is 9.10. The molecule has 3 heterocycles. The molecule has 0 aliphatic carbocycles. The number of hydrogen-bond acceptors (Lipinski definition) is 4. The first-order valence-corrected chi connectivity index (χ1v) is 9.09. The van der Waals surface area contributed by atoms with Crippen LogP contribution in [0.15, 0.2) is 59.6 Å². The second kappa shape index (κ2) is 7.32. The molecule has 0 saturated carbocycles. The molecular formula is C18H12BrF3N6O. The number of benzene rings is 1. The molecule has 0 atom stereocenters. The van der Waals surface area contributed by atoms with Gasteiger partial charge in [0.2, 0.25) is 0 Å². The zero-order chi connectivity index (χ0) is 20.6. The normalized spacial score (nSPS) is 11.7. The molecule has 1 aromatic carbocycles. The minimum atomic E-state index is -4.41. The van der Waals surface area contributed by atoms with Gasteiger partial charge in [-0.25, -0.2) is 9.50 Å². The molecule has 29 heavy (non-hydrogen) atoms. The molecule has 0 radical (unpaired) electrons. The highest BCUT2D eigenvalue weighted by Gasteiger charge is 2.30. The van der Waals surface area contributed by atoms with Gasteiger partial charge in [0.15, 0.2) is 11.3 Å². The van der Waals surface area contributed by atoms with Crippen molar-refractivity contribution >= 4 is 33.2 Å². The van der Waals surface area contributed by atoms with Gasteiger partial charge in [-0.1, -0.05) is 12.1 Å². The highest BCUT2D eigenvalue weighted by atomic mass is 79.9. The molecule has 3 aromatic heterocycles. The first-order chi connectivity index (χ1) is 13.8. The summed E-state index contributed by atoms with van der Waals surface area (Å²) in [5, 5.41) is 10.9. The van der Waals surface area contributed by atoms with Crippen molar-refractivity contribution in [3.8, 4) is 0 Å². The molecule has 11 heteroatoms. The lowest BCUT2D eigenvalue weighted by Gasteiger charge is -2.08. The Balaban J connectivity index is 1.49. The third-order valence-electron chi connectivity index (χ3n) is 4.04. The van der Waals surface area contributed by atoms with Gasteiger partial charge in [-0.2, -0.15) is 23.4 Å². The van der Waals surface area contributed by atoms with Gasteiger partial charge in [0, 0.05) is 18.6 Å². The maximum Gasteiger partial charge on any atom is 0.416 e. The van der Waals surface area contributed by atoms with Crippen LogP contribution in [-0.4, -0.2) is 30.3 Å². The molecule has 0 bridgehead atoms. The highest BCUT2D eigenvalue weighted by Crippen LogP contribution is 2.29. The molecule has 148 valence electrons. The summed E-state index contributed by atoms with van der Waals surface area (Å²) in [5.41, 5.74) is 0.752. The number of halogens is 4. The number of alkyl halides is 3. The van der Waals surface area contributed by atoms with Crippen LogP contribution in [0, 0.1) is 0 Å². The molecule has 1 amide bonds. The number of rotatable bonds is 4. The first kappa shape index (κ1) is 19.1. The minimum absolute atomic E-state index is 0.127. The Hall–Kier alpha value is -3.21. The Kier molecular flexibility index (Phi) is 4.82. The number of anilines is 1. The van der Waals surface area contributed by atoms with Crippen LogP contribution in [0.25, 0.3) is 5.65 Å². The zero-order valence-corrected chi connectivity index (χ0v) is 16.1. The fourth-order valence-corrected chi connectivity index (χ4v) is 3.29. The van der Waals surface area contributed by atoms with Crippen molar-refractivity contribution in [1.82, 2.24) is 24.4 Å². The predicted octanol–water partition coefficient (Wildman–Crippen LogP) is 4.01. The maximum atomic E-state index is 12.8. The Bertz CT molecular complexity index is 1200. The predicted molar refractivity (Wildman–Crippen MR) is 101 cm³/mol. The van der Waals surface area contributed by atoms with Crippen LogP contribution in [0.4, 0.5) is 18.9 Å². The van der Waals surface area contributed by atoms with Gasteiger partial charge in [0.25, 0.3) is 5.91 Å². The lowest BCUT2D eigenvalue weighted by atomic mass is 10.1. The van der Waals surface area contributed by atoms with Crippen molar-refractivity contribution in [1.29, 1.82) is 0 Å². The van der Waals surface area contributed by atoms with E-state index in [0.717, 1.165) is 12.1 Å².